The van der Waals surface area contributed by atoms with E-state index < -0.39 is 0 Å². The summed E-state index contributed by atoms with van der Waals surface area (Å²) >= 11 is 0. The lowest BCUT2D eigenvalue weighted by molar-refractivity contribution is -0.148. The van der Waals surface area contributed by atoms with E-state index in [-0.39, 0.29) is 23.9 Å². The Hall–Kier alpha value is -1.88. The summed E-state index contributed by atoms with van der Waals surface area (Å²) in [4.78, 5) is 26.1. The maximum atomic E-state index is 12.7. The zero-order valence-electron chi connectivity index (χ0n) is 13.9. The van der Waals surface area contributed by atoms with Gasteiger partial charge in [-0.3, -0.25) is 9.59 Å². The molecule has 1 aliphatic rings. The van der Waals surface area contributed by atoms with Crippen LogP contribution < -0.4 is 0 Å². The van der Waals surface area contributed by atoms with Gasteiger partial charge in [-0.2, -0.15) is 0 Å². The maximum absolute atomic E-state index is 12.7. The zero-order chi connectivity index (χ0) is 16.7. The fourth-order valence-electron chi connectivity index (χ4n) is 2.78. The molecule has 0 radical (unpaired) electrons. The van der Waals surface area contributed by atoms with Gasteiger partial charge in [-0.05, 0) is 24.8 Å². The molecular weight excluding hydrogens is 294 g/mol. The van der Waals surface area contributed by atoms with Crippen LogP contribution in [-0.4, -0.2) is 49.7 Å². The molecule has 5 heteroatoms. The van der Waals surface area contributed by atoms with Gasteiger partial charge in [-0.15, -0.1) is 0 Å². The first kappa shape index (κ1) is 17.5. The maximum Gasteiger partial charge on any atom is 0.310 e. The Morgan fingerprint density at radius 3 is 2.70 bits per heavy atom. The van der Waals surface area contributed by atoms with E-state index in [1.54, 1.807) is 11.8 Å². The summed E-state index contributed by atoms with van der Waals surface area (Å²) in [5.74, 6) is -0.662. The summed E-state index contributed by atoms with van der Waals surface area (Å²) in [6, 6.07) is 10.0. The molecular formula is C18H25NO4. The van der Waals surface area contributed by atoms with Crippen LogP contribution in [0.25, 0.3) is 0 Å². The van der Waals surface area contributed by atoms with Gasteiger partial charge in [-0.1, -0.05) is 37.3 Å². The van der Waals surface area contributed by atoms with E-state index in [9.17, 15) is 9.59 Å². The van der Waals surface area contributed by atoms with Crippen molar-refractivity contribution in [3.63, 3.8) is 0 Å². The highest BCUT2D eigenvalue weighted by atomic mass is 16.5. The van der Waals surface area contributed by atoms with E-state index in [4.69, 9.17) is 9.47 Å². The molecule has 0 saturated carbocycles. The zero-order valence-corrected chi connectivity index (χ0v) is 13.9. The third-order valence-electron chi connectivity index (χ3n) is 4.13. The minimum Gasteiger partial charge on any atom is -0.469 e. The number of hydrogen-bond donors (Lipinski definition) is 0. The number of methoxy groups -OCH3 is 1. The number of esters is 1. The number of hydrogen-bond acceptors (Lipinski definition) is 4. The van der Waals surface area contributed by atoms with Crippen molar-refractivity contribution in [1.29, 1.82) is 0 Å². The van der Waals surface area contributed by atoms with Crippen molar-refractivity contribution < 1.29 is 19.1 Å². The molecule has 2 atom stereocenters. The van der Waals surface area contributed by atoms with Crippen LogP contribution in [0.4, 0.5) is 0 Å². The summed E-state index contributed by atoms with van der Waals surface area (Å²) in [6.07, 6.45) is 2.06. The van der Waals surface area contributed by atoms with Gasteiger partial charge >= 0.3 is 5.97 Å². The topological polar surface area (TPSA) is 55.8 Å². The van der Waals surface area contributed by atoms with E-state index in [0.717, 1.165) is 19.3 Å². The number of benzene rings is 1. The summed E-state index contributed by atoms with van der Waals surface area (Å²) in [7, 11) is 1.37. The summed E-state index contributed by atoms with van der Waals surface area (Å²) in [6.45, 7) is 3.35. The second kappa shape index (κ2) is 8.67. The highest BCUT2D eigenvalue weighted by molar-refractivity contribution is 5.82. The van der Waals surface area contributed by atoms with E-state index >= 15 is 0 Å². The van der Waals surface area contributed by atoms with Crippen LogP contribution in [-0.2, 0) is 25.5 Å². The van der Waals surface area contributed by atoms with Crippen molar-refractivity contribution in [2.75, 3.05) is 26.8 Å². The van der Waals surface area contributed by atoms with Crippen molar-refractivity contribution in [3.05, 3.63) is 35.9 Å². The van der Waals surface area contributed by atoms with Crippen LogP contribution in [0.3, 0.4) is 0 Å². The summed E-state index contributed by atoms with van der Waals surface area (Å²) < 4.78 is 10.3. The average molecular weight is 319 g/mol. The van der Waals surface area contributed by atoms with Crippen molar-refractivity contribution in [3.8, 4) is 0 Å². The van der Waals surface area contributed by atoms with Crippen LogP contribution in [0.5, 0.6) is 0 Å². The third-order valence-corrected chi connectivity index (χ3v) is 4.13. The van der Waals surface area contributed by atoms with Crippen molar-refractivity contribution in [2.24, 2.45) is 5.92 Å². The molecule has 1 heterocycles. The van der Waals surface area contributed by atoms with Gasteiger partial charge in [-0.25, -0.2) is 0 Å². The van der Waals surface area contributed by atoms with Crippen LogP contribution in [0.15, 0.2) is 30.3 Å². The third kappa shape index (κ3) is 5.06. The fraction of sp³-hybridized carbons (Fsp3) is 0.556. The number of carbonyl (C=O) groups excluding carboxylic acids is 2. The largest absolute Gasteiger partial charge is 0.469 e. The number of rotatable bonds is 7. The molecule has 0 aliphatic carbocycles. The molecule has 0 N–H and O–H groups in total. The lowest BCUT2D eigenvalue weighted by atomic mass is 10.1. The van der Waals surface area contributed by atoms with Crippen LogP contribution >= 0.6 is 0 Å². The minimum atomic E-state index is -0.365. The second-order valence-corrected chi connectivity index (χ2v) is 5.95. The molecule has 0 spiro atoms. The summed E-state index contributed by atoms with van der Waals surface area (Å²) in [5.41, 5.74) is 1.17. The molecule has 1 fully saturated rings. The Kier molecular flexibility index (Phi) is 6.59. The lowest BCUT2D eigenvalue weighted by Crippen LogP contribution is -2.43. The number of amides is 1. The Labute approximate surface area is 137 Å². The van der Waals surface area contributed by atoms with Gasteiger partial charge in [0, 0.05) is 19.7 Å². The minimum absolute atomic E-state index is 0.0193. The highest BCUT2D eigenvalue weighted by Gasteiger charge is 2.30. The van der Waals surface area contributed by atoms with E-state index in [1.165, 1.54) is 12.7 Å². The monoisotopic (exact) mass is 319 g/mol. The van der Waals surface area contributed by atoms with Gasteiger partial charge in [0.25, 0.3) is 5.91 Å². The van der Waals surface area contributed by atoms with Crippen LogP contribution in [0, 0.1) is 5.92 Å². The standard InChI is InChI=1S/C18H25NO4/c1-14(18(21)22-2)13-19(17(20)16-9-6-12-23-16)11-10-15-7-4-3-5-8-15/h3-5,7-8,14,16H,6,9-13H2,1-2H3. The van der Waals surface area contributed by atoms with E-state index in [1.807, 2.05) is 30.3 Å². The molecule has 0 bridgehead atoms. The quantitative estimate of drug-likeness (QED) is 0.722. The smallest absolute Gasteiger partial charge is 0.310 e. The number of ether oxygens (including phenoxy) is 2. The Bertz CT molecular complexity index is 511. The van der Waals surface area contributed by atoms with Gasteiger partial charge in [0.2, 0.25) is 0 Å². The molecule has 23 heavy (non-hydrogen) atoms. The molecule has 0 aromatic heterocycles. The molecule has 1 aliphatic heterocycles. The van der Waals surface area contributed by atoms with Crippen molar-refractivity contribution in [1.82, 2.24) is 4.90 Å². The lowest BCUT2D eigenvalue weighted by Gasteiger charge is -2.27. The predicted octanol–water partition coefficient (Wildman–Crippen LogP) is 2.05. The first-order chi connectivity index (χ1) is 11.1. The molecule has 126 valence electrons. The van der Waals surface area contributed by atoms with Crippen molar-refractivity contribution in [2.45, 2.75) is 32.3 Å². The Morgan fingerprint density at radius 2 is 2.09 bits per heavy atom. The van der Waals surface area contributed by atoms with Gasteiger partial charge in [0.15, 0.2) is 0 Å². The summed E-state index contributed by atoms with van der Waals surface area (Å²) in [5, 5.41) is 0. The molecule has 1 saturated heterocycles. The fourth-order valence-corrected chi connectivity index (χ4v) is 2.78. The number of nitrogens with zero attached hydrogens (tertiary/aromatic N) is 1. The van der Waals surface area contributed by atoms with E-state index in [2.05, 4.69) is 0 Å². The van der Waals surface area contributed by atoms with E-state index in [0.29, 0.717) is 19.7 Å². The van der Waals surface area contributed by atoms with Crippen molar-refractivity contribution >= 4 is 11.9 Å². The van der Waals surface area contributed by atoms with Gasteiger partial charge < -0.3 is 14.4 Å². The molecule has 1 aromatic rings. The SMILES string of the molecule is COC(=O)C(C)CN(CCc1ccccc1)C(=O)C1CCCO1. The second-order valence-electron chi connectivity index (χ2n) is 5.95. The molecule has 2 unspecified atom stereocenters. The van der Waals surface area contributed by atoms with Crippen LogP contribution in [0.1, 0.15) is 25.3 Å². The Morgan fingerprint density at radius 1 is 1.35 bits per heavy atom. The number of carbonyl (C=O) groups is 2. The molecule has 2 rings (SSSR count). The Balaban J connectivity index is 2.00. The first-order valence-corrected chi connectivity index (χ1v) is 8.14. The molecule has 1 amide bonds. The highest BCUT2D eigenvalue weighted by Crippen LogP contribution is 2.16. The van der Waals surface area contributed by atoms with Gasteiger partial charge in [0.05, 0.1) is 13.0 Å². The predicted molar refractivity (Wildman–Crippen MR) is 86.9 cm³/mol. The molecule has 1 aromatic carbocycles. The normalized spacial score (nSPS) is 18.4. The van der Waals surface area contributed by atoms with Gasteiger partial charge in [0.1, 0.15) is 6.10 Å². The average Bonchev–Trinajstić information content (AvgIpc) is 3.12. The molecule has 5 nitrogen and oxygen atoms in total. The van der Waals surface area contributed by atoms with Crippen LogP contribution in [0.2, 0.25) is 0 Å². The first-order valence-electron chi connectivity index (χ1n) is 8.14.